The molecule has 0 aromatic carbocycles. The summed E-state index contributed by atoms with van der Waals surface area (Å²) in [7, 11) is 0. The van der Waals surface area contributed by atoms with Crippen molar-refractivity contribution in [1.82, 2.24) is 4.90 Å². The second-order valence-corrected chi connectivity index (χ2v) is 3.89. The molecule has 0 aromatic heterocycles. The number of rotatable bonds is 2. The Bertz CT molecular complexity index is 138. The summed E-state index contributed by atoms with van der Waals surface area (Å²) in [6, 6.07) is 0.707. The molecular formula is C9H17NO. The lowest BCUT2D eigenvalue weighted by molar-refractivity contribution is 0.144. The molecule has 2 rings (SSSR count). The van der Waals surface area contributed by atoms with Gasteiger partial charge in [-0.15, -0.1) is 0 Å². The summed E-state index contributed by atoms with van der Waals surface area (Å²) < 4.78 is 0. The lowest BCUT2D eigenvalue weighted by Gasteiger charge is -2.31. The van der Waals surface area contributed by atoms with Crippen molar-refractivity contribution in [2.75, 3.05) is 19.7 Å². The summed E-state index contributed by atoms with van der Waals surface area (Å²) in [5, 5.41) is 8.82. The minimum atomic E-state index is 0.367. The number of hydrogen-bond donors (Lipinski definition) is 1. The average Bonchev–Trinajstić information content (AvgIpc) is 2.40. The van der Waals surface area contributed by atoms with Crippen LogP contribution in [0.3, 0.4) is 0 Å². The molecule has 2 nitrogen and oxygen atoms in total. The van der Waals surface area contributed by atoms with Gasteiger partial charge in [-0.2, -0.15) is 0 Å². The predicted octanol–water partition coefficient (Wildman–Crippen LogP) is 0.853. The SMILES string of the molecule is OCCC1CCC2CCN1C2. The van der Waals surface area contributed by atoms with Crippen LogP contribution in [0.1, 0.15) is 25.7 Å². The zero-order chi connectivity index (χ0) is 7.68. The first-order valence-electron chi connectivity index (χ1n) is 4.75. The lowest BCUT2D eigenvalue weighted by atomic mass is 9.95. The third kappa shape index (κ3) is 1.42. The second kappa shape index (κ2) is 3.11. The molecule has 2 aliphatic heterocycles. The second-order valence-electron chi connectivity index (χ2n) is 3.89. The van der Waals surface area contributed by atoms with Gasteiger partial charge in [0.15, 0.2) is 0 Å². The quantitative estimate of drug-likeness (QED) is 0.639. The molecule has 2 aliphatic rings. The number of aliphatic hydroxyl groups excluding tert-OH is 1. The fraction of sp³-hybridized carbons (Fsp3) is 1.00. The van der Waals surface area contributed by atoms with E-state index >= 15 is 0 Å². The molecule has 0 amide bonds. The maximum Gasteiger partial charge on any atom is 0.0445 e. The highest BCUT2D eigenvalue weighted by molar-refractivity contribution is 4.87. The van der Waals surface area contributed by atoms with Gasteiger partial charge in [0.1, 0.15) is 0 Å². The molecule has 1 N–H and O–H groups in total. The Hall–Kier alpha value is -0.0800. The molecule has 64 valence electrons. The molecule has 11 heavy (non-hydrogen) atoms. The molecule has 2 heterocycles. The van der Waals surface area contributed by atoms with Crippen LogP contribution in [0.4, 0.5) is 0 Å². The van der Waals surface area contributed by atoms with Crippen molar-refractivity contribution in [2.45, 2.75) is 31.7 Å². The van der Waals surface area contributed by atoms with Crippen molar-refractivity contribution in [3.63, 3.8) is 0 Å². The number of hydrogen-bond acceptors (Lipinski definition) is 2. The highest BCUT2D eigenvalue weighted by atomic mass is 16.3. The highest BCUT2D eigenvalue weighted by Crippen LogP contribution is 2.31. The smallest absolute Gasteiger partial charge is 0.0445 e. The zero-order valence-electron chi connectivity index (χ0n) is 7.00. The number of nitrogens with zero attached hydrogens (tertiary/aromatic N) is 1. The van der Waals surface area contributed by atoms with E-state index in [4.69, 9.17) is 5.11 Å². The van der Waals surface area contributed by atoms with E-state index in [0.717, 1.165) is 12.3 Å². The molecule has 0 radical (unpaired) electrons. The summed E-state index contributed by atoms with van der Waals surface area (Å²) in [6.45, 7) is 2.96. The molecule has 0 saturated carbocycles. The maximum atomic E-state index is 8.82. The van der Waals surface area contributed by atoms with Gasteiger partial charge in [0.25, 0.3) is 0 Å². The highest BCUT2D eigenvalue weighted by Gasteiger charge is 2.32. The molecule has 0 aliphatic carbocycles. The first-order chi connectivity index (χ1) is 5.40. The van der Waals surface area contributed by atoms with Gasteiger partial charge in [0.05, 0.1) is 0 Å². The Morgan fingerprint density at radius 3 is 3.00 bits per heavy atom. The Balaban J connectivity index is 1.91. The van der Waals surface area contributed by atoms with Crippen LogP contribution in [0.25, 0.3) is 0 Å². The van der Waals surface area contributed by atoms with Gasteiger partial charge in [-0.25, -0.2) is 0 Å². The summed E-state index contributed by atoms with van der Waals surface area (Å²) in [6.07, 6.45) is 5.13. The number of piperidine rings is 1. The molecular weight excluding hydrogens is 138 g/mol. The van der Waals surface area contributed by atoms with E-state index in [1.54, 1.807) is 0 Å². The van der Waals surface area contributed by atoms with Crippen molar-refractivity contribution >= 4 is 0 Å². The van der Waals surface area contributed by atoms with Crippen LogP contribution in [-0.4, -0.2) is 35.7 Å². The molecule has 0 aromatic rings. The van der Waals surface area contributed by atoms with Crippen LogP contribution in [0.5, 0.6) is 0 Å². The van der Waals surface area contributed by atoms with Crippen LogP contribution in [0.2, 0.25) is 0 Å². The van der Waals surface area contributed by atoms with E-state index in [1.807, 2.05) is 0 Å². The predicted molar refractivity (Wildman–Crippen MR) is 44.4 cm³/mol. The number of fused-ring (bicyclic) bond motifs is 2. The Morgan fingerprint density at radius 1 is 1.27 bits per heavy atom. The van der Waals surface area contributed by atoms with Crippen molar-refractivity contribution in [2.24, 2.45) is 5.92 Å². The third-order valence-corrected chi connectivity index (χ3v) is 3.20. The van der Waals surface area contributed by atoms with Crippen molar-refractivity contribution in [3.8, 4) is 0 Å². The Labute approximate surface area is 68.2 Å². The van der Waals surface area contributed by atoms with Crippen molar-refractivity contribution < 1.29 is 5.11 Å². The van der Waals surface area contributed by atoms with Crippen LogP contribution >= 0.6 is 0 Å². The maximum absolute atomic E-state index is 8.82. The summed E-state index contributed by atoms with van der Waals surface area (Å²) >= 11 is 0. The first kappa shape index (κ1) is 7.56. The Kier molecular flexibility index (Phi) is 2.14. The number of aliphatic hydroxyl groups is 1. The topological polar surface area (TPSA) is 23.5 Å². The van der Waals surface area contributed by atoms with E-state index in [-0.39, 0.29) is 0 Å². The normalized spacial score (nSPS) is 42.8. The minimum absolute atomic E-state index is 0.367. The van der Waals surface area contributed by atoms with Crippen LogP contribution in [0, 0.1) is 5.92 Å². The van der Waals surface area contributed by atoms with Gasteiger partial charge < -0.3 is 10.0 Å². The molecule has 2 heteroatoms. The van der Waals surface area contributed by atoms with Crippen LogP contribution in [0.15, 0.2) is 0 Å². The largest absolute Gasteiger partial charge is 0.396 e. The third-order valence-electron chi connectivity index (χ3n) is 3.20. The summed E-state index contributed by atoms with van der Waals surface area (Å²) in [5.74, 6) is 0.991. The summed E-state index contributed by atoms with van der Waals surface area (Å²) in [5.41, 5.74) is 0. The summed E-state index contributed by atoms with van der Waals surface area (Å²) in [4.78, 5) is 2.56. The van der Waals surface area contributed by atoms with Gasteiger partial charge in [-0.05, 0) is 38.1 Å². The first-order valence-corrected chi connectivity index (χ1v) is 4.75. The van der Waals surface area contributed by atoms with Gasteiger partial charge in [-0.1, -0.05) is 0 Å². The van der Waals surface area contributed by atoms with Crippen LogP contribution < -0.4 is 0 Å². The molecule has 0 spiro atoms. The molecule has 2 bridgehead atoms. The zero-order valence-corrected chi connectivity index (χ0v) is 7.00. The lowest BCUT2D eigenvalue weighted by Crippen LogP contribution is -2.37. The fourth-order valence-corrected chi connectivity index (χ4v) is 2.52. The van der Waals surface area contributed by atoms with Crippen molar-refractivity contribution in [1.29, 1.82) is 0 Å². The monoisotopic (exact) mass is 155 g/mol. The van der Waals surface area contributed by atoms with E-state index in [9.17, 15) is 0 Å². The van der Waals surface area contributed by atoms with E-state index in [2.05, 4.69) is 4.90 Å². The van der Waals surface area contributed by atoms with E-state index < -0.39 is 0 Å². The van der Waals surface area contributed by atoms with E-state index in [0.29, 0.717) is 12.6 Å². The standard InChI is InChI=1S/C9H17NO/c11-6-4-9-2-1-8-3-5-10(9)7-8/h8-9,11H,1-7H2. The minimum Gasteiger partial charge on any atom is -0.396 e. The van der Waals surface area contributed by atoms with Gasteiger partial charge >= 0.3 is 0 Å². The fourth-order valence-electron chi connectivity index (χ4n) is 2.52. The van der Waals surface area contributed by atoms with Crippen molar-refractivity contribution in [3.05, 3.63) is 0 Å². The van der Waals surface area contributed by atoms with Gasteiger partial charge in [0, 0.05) is 19.2 Å². The molecule has 2 saturated heterocycles. The average molecular weight is 155 g/mol. The van der Waals surface area contributed by atoms with E-state index in [1.165, 1.54) is 32.4 Å². The van der Waals surface area contributed by atoms with Gasteiger partial charge in [0.2, 0.25) is 0 Å². The Morgan fingerprint density at radius 2 is 2.18 bits per heavy atom. The molecule has 3 atom stereocenters. The molecule has 3 unspecified atom stereocenters. The van der Waals surface area contributed by atoms with Crippen LogP contribution in [-0.2, 0) is 0 Å². The molecule has 2 fully saturated rings. The van der Waals surface area contributed by atoms with Gasteiger partial charge in [-0.3, -0.25) is 0 Å².